The van der Waals surface area contributed by atoms with E-state index < -0.39 is 0 Å². The summed E-state index contributed by atoms with van der Waals surface area (Å²) in [4.78, 5) is 0. The van der Waals surface area contributed by atoms with Gasteiger partial charge in [0.05, 0.1) is 0 Å². The normalized spacial score (nSPS) is 9.95. The van der Waals surface area contributed by atoms with Gasteiger partial charge in [-0.1, -0.05) is 43.7 Å². The van der Waals surface area contributed by atoms with Crippen molar-refractivity contribution in [3.63, 3.8) is 0 Å². The maximum Gasteiger partial charge on any atom is 0.121 e. The van der Waals surface area contributed by atoms with Gasteiger partial charge in [-0.2, -0.15) is 0 Å². The van der Waals surface area contributed by atoms with Crippen LogP contribution in [0.15, 0.2) is 30.3 Å². The minimum atomic E-state index is 0.414. The van der Waals surface area contributed by atoms with Gasteiger partial charge in [0, 0.05) is 0 Å². The minimum absolute atomic E-state index is 0.414. The van der Waals surface area contributed by atoms with Gasteiger partial charge in [0.15, 0.2) is 0 Å². The Morgan fingerprint density at radius 3 is 1.76 bits per heavy atom. The zero-order chi connectivity index (χ0) is 16.0. The maximum absolute atomic E-state index is 9.61. The van der Waals surface area contributed by atoms with Crippen molar-refractivity contribution in [2.45, 2.75) is 47.5 Å². The molecule has 0 aliphatic rings. The quantitative estimate of drug-likeness (QED) is 0.818. The fourth-order valence-corrected chi connectivity index (χ4v) is 2.22. The van der Waals surface area contributed by atoms with Crippen LogP contribution in [-0.4, -0.2) is 10.2 Å². The van der Waals surface area contributed by atoms with Crippen LogP contribution >= 0.6 is 0 Å². The summed E-state index contributed by atoms with van der Waals surface area (Å²) in [6, 6.07) is 9.80. The van der Waals surface area contributed by atoms with Crippen LogP contribution < -0.4 is 0 Å². The minimum Gasteiger partial charge on any atom is -0.507 e. The Morgan fingerprint density at radius 1 is 0.762 bits per heavy atom. The molecule has 0 spiro atoms. The number of phenolic OH excluding ortho intramolecular Hbond substituents is 2. The van der Waals surface area contributed by atoms with Crippen molar-refractivity contribution in [1.82, 2.24) is 0 Å². The standard InChI is InChI=1S/C11H16O.C8H10O/c1-4-5-10-7-6-8(2)11(12)9(10)3;1-6-4-3-5-7(2)8(6)9/h6-7,12H,4-5H2,1-3H3;3-5,9H,1-2H3. The lowest BCUT2D eigenvalue weighted by molar-refractivity contribution is 0.465. The molecule has 2 rings (SSSR count). The van der Waals surface area contributed by atoms with Crippen LogP contribution in [0.4, 0.5) is 0 Å². The molecule has 114 valence electrons. The second kappa shape index (κ2) is 7.72. The molecule has 0 heterocycles. The first kappa shape index (κ1) is 17.1. The van der Waals surface area contributed by atoms with Gasteiger partial charge in [-0.15, -0.1) is 0 Å². The molecule has 0 aliphatic carbocycles. The zero-order valence-electron chi connectivity index (χ0n) is 13.7. The van der Waals surface area contributed by atoms with E-state index in [4.69, 9.17) is 0 Å². The van der Waals surface area contributed by atoms with E-state index in [1.807, 2.05) is 52.0 Å². The first-order chi connectivity index (χ1) is 9.88. The van der Waals surface area contributed by atoms with Crippen LogP contribution in [0.3, 0.4) is 0 Å². The van der Waals surface area contributed by atoms with E-state index >= 15 is 0 Å². The van der Waals surface area contributed by atoms with E-state index in [-0.39, 0.29) is 0 Å². The van der Waals surface area contributed by atoms with E-state index in [1.165, 1.54) is 5.56 Å². The second-order valence-corrected chi connectivity index (χ2v) is 5.51. The first-order valence-corrected chi connectivity index (χ1v) is 7.41. The van der Waals surface area contributed by atoms with E-state index in [0.29, 0.717) is 11.5 Å². The average molecular weight is 286 g/mol. The third-order valence-corrected chi connectivity index (χ3v) is 3.70. The van der Waals surface area contributed by atoms with Gasteiger partial charge in [-0.25, -0.2) is 0 Å². The lowest BCUT2D eigenvalue weighted by Crippen LogP contribution is -1.90. The number of aromatic hydroxyl groups is 2. The summed E-state index contributed by atoms with van der Waals surface area (Å²) in [7, 11) is 0. The van der Waals surface area contributed by atoms with Crippen molar-refractivity contribution in [2.75, 3.05) is 0 Å². The molecule has 0 saturated carbocycles. The maximum atomic E-state index is 9.61. The topological polar surface area (TPSA) is 40.5 Å². The molecule has 2 aromatic rings. The zero-order valence-corrected chi connectivity index (χ0v) is 13.7. The number of phenols is 2. The van der Waals surface area contributed by atoms with Crippen LogP contribution in [0, 0.1) is 27.7 Å². The fraction of sp³-hybridized carbons (Fsp3) is 0.368. The molecule has 2 N–H and O–H groups in total. The van der Waals surface area contributed by atoms with Crippen molar-refractivity contribution in [1.29, 1.82) is 0 Å². The molecule has 0 bridgehead atoms. The molecule has 0 fully saturated rings. The molecule has 0 saturated heterocycles. The molecule has 2 aromatic carbocycles. The number of benzene rings is 2. The van der Waals surface area contributed by atoms with Gasteiger partial charge in [0.2, 0.25) is 0 Å². The summed E-state index contributed by atoms with van der Waals surface area (Å²) in [5.74, 6) is 0.874. The number of aryl methyl sites for hydroxylation is 4. The number of hydrogen-bond acceptors (Lipinski definition) is 2. The highest BCUT2D eigenvalue weighted by Crippen LogP contribution is 2.25. The molecule has 0 aromatic heterocycles. The fourth-order valence-electron chi connectivity index (χ4n) is 2.22. The summed E-state index contributed by atoms with van der Waals surface area (Å²) < 4.78 is 0. The van der Waals surface area contributed by atoms with Crippen LogP contribution in [0.1, 0.15) is 41.2 Å². The van der Waals surface area contributed by atoms with E-state index in [2.05, 4.69) is 13.0 Å². The second-order valence-electron chi connectivity index (χ2n) is 5.51. The Morgan fingerprint density at radius 2 is 1.29 bits per heavy atom. The van der Waals surface area contributed by atoms with Gasteiger partial charge < -0.3 is 10.2 Å². The third-order valence-electron chi connectivity index (χ3n) is 3.70. The molecule has 0 unspecified atom stereocenters. The Bertz CT molecular complexity index is 581. The Balaban J connectivity index is 0.000000219. The van der Waals surface area contributed by atoms with Crippen molar-refractivity contribution >= 4 is 0 Å². The van der Waals surface area contributed by atoms with E-state index in [9.17, 15) is 10.2 Å². The first-order valence-electron chi connectivity index (χ1n) is 7.41. The molecule has 21 heavy (non-hydrogen) atoms. The largest absolute Gasteiger partial charge is 0.507 e. The SMILES string of the molecule is CCCc1ccc(C)c(O)c1C.Cc1cccc(C)c1O. The Kier molecular flexibility index (Phi) is 6.29. The lowest BCUT2D eigenvalue weighted by atomic mass is 10.0. The highest BCUT2D eigenvalue weighted by molar-refractivity contribution is 5.44. The molecule has 2 nitrogen and oxygen atoms in total. The smallest absolute Gasteiger partial charge is 0.121 e. The van der Waals surface area contributed by atoms with Crippen LogP contribution in [-0.2, 0) is 6.42 Å². The Hall–Kier alpha value is -1.96. The summed E-state index contributed by atoms with van der Waals surface area (Å²) >= 11 is 0. The molecule has 0 aliphatic heterocycles. The molecule has 0 amide bonds. The molecule has 2 heteroatoms. The number of rotatable bonds is 2. The molecule has 0 radical (unpaired) electrons. The van der Waals surface area contributed by atoms with Crippen LogP contribution in [0.5, 0.6) is 11.5 Å². The monoisotopic (exact) mass is 286 g/mol. The summed E-state index contributed by atoms with van der Waals surface area (Å²) in [6.07, 6.45) is 2.18. The van der Waals surface area contributed by atoms with E-state index in [0.717, 1.165) is 35.1 Å². The highest BCUT2D eigenvalue weighted by Gasteiger charge is 2.04. The predicted molar refractivity (Wildman–Crippen MR) is 89.2 cm³/mol. The summed E-state index contributed by atoms with van der Waals surface area (Å²) in [6.45, 7) is 9.84. The molecule has 0 atom stereocenters. The van der Waals surface area contributed by atoms with Crippen molar-refractivity contribution in [2.24, 2.45) is 0 Å². The average Bonchev–Trinajstić information content (AvgIpc) is 2.46. The third kappa shape index (κ3) is 4.52. The van der Waals surface area contributed by atoms with Crippen molar-refractivity contribution < 1.29 is 10.2 Å². The van der Waals surface area contributed by atoms with Gasteiger partial charge in [-0.05, 0) is 61.9 Å². The Labute approximate surface area is 128 Å². The predicted octanol–water partition coefficient (Wildman–Crippen LogP) is 4.97. The van der Waals surface area contributed by atoms with E-state index in [1.54, 1.807) is 0 Å². The van der Waals surface area contributed by atoms with Crippen LogP contribution in [0.2, 0.25) is 0 Å². The summed E-state index contributed by atoms with van der Waals surface area (Å²) in [5, 5.41) is 18.8. The van der Waals surface area contributed by atoms with Crippen molar-refractivity contribution in [3.8, 4) is 11.5 Å². The lowest BCUT2D eigenvalue weighted by Gasteiger charge is -2.08. The van der Waals surface area contributed by atoms with Gasteiger partial charge in [0.25, 0.3) is 0 Å². The van der Waals surface area contributed by atoms with Gasteiger partial charge in [-0.3, -0.25) is 0 Å². The number of hydrogen-bond donors (Lipinski definition) is 2. The van der Waals surface area contributed by atoms with Gasteiger partial charge in [0.1, 0.15) is 11.5 Å². The van der Waals surface area contributed by atoms with Crippen molar-refractivity contribution in [3.05, 3.63) is 58.1 Å². The van der Waals surface area contributed by atoms with Gasteiger partial charge >= 0.3 is 0 Å². The molecular weight excluding hydrogens is 260 g/mol. The summed E-state index contributed by atoms with van der Waals surface area (Å²) in [5.41, 5.74) is 5.15. The number of para-hydroxylation sites is 1. The molecular formula is C19H26O2. The van der Waals surface area contributed by atoms with Crippen LogP contribution in [0.25, 0.3) is 0 Å². The highest BCUT2D eigenvalue weighted by atomic mass is 16.3.